The van der Waals surface area contributed by atoms with Crippen LogP contribution >= 0.6 is 0 Å². The summed E-state index contributed by atoms with van der Waals surface area (Å²) in [4.78, 5) is 4.09. The third kappa shape index (κ3) is 3.19. The Bertz CT molecular complexity index is 496. The van der Waals surface area contributed by atoms with E-state index in [1.54, 1.807) is 12.4 Å². The van der Waals surface area contributed by atoms with Gasteiger partial charge in [-0.3, -0.25) is 4.98 Å². The third-order valence-electron chi connectivity index (χ3n) is 3.48. The van der Waals surface area contributed by atoms with Crippen molar-refractivity contribution in [2.24, 2.45) is 5.73 Å². The van der Waals surface area contributed by atoms with Crippen molar-refractivity contribution in [3.05, 3.63) is 65.5 Å². The Kier molecular flexibility index (Phi) is 4.66. The van der Waals surface area contributed by atoms with E-state index in [2.05, 4.69) is 24.0 Å². The van der Waals surface area contributed by atoms with Crippen LogP contribution in [0.5, 0.6) is 0 Å². The van der Waals surface area contributed by atoms with Crippen molar-refractivity contribution in [3.8, 4) is 0 Å². The quantitative estimate of drug-likeness (QED) is 0.863. The van der Waals surface area contributed by atoms with Crippen molar-refractivity contribution in [3.63, 3.8) is 0 Å². The first kappa shape index (κ1) is 13.7. The van der Waals surface area contributed by atoms with E-state index in [1.807, 2.05) is 24.3 Å². The molecule has 0 spiro atoms. The van der Waals surface area contributed by atoms with Gasteiger partial charge in [0.1, 0.15) is 0 Å². The Balaban J connectivity index is 2.22. The molecular formula is C16H20N2O. The Labute approximate surface area is 114 Å². The first-order valence-corrected chi connectivity index (χ1v) is 6.63. The summed E-state index contributed by atoms with van der Waals surface area (Å²) in [5, 5.41) is 10.5. The molecule has 2 unspecified atom stereocenters. The monoisotopic (exact) mass is 256 g/mol. The van der Waals surface area contributed by atoms with Gasteiger partial charge in [-0.25, -0.2) is 0 Å². The van der Waals surface area contributed by atoms with E-state index >= 15 is 0 Å². The standard InChI is InChI=1S/C16H20N2O/c1-2-12-5-7-13(8-6-12)16(19)15(10-17)14-4-3-9-18-11-14/h3-9,11,15-16,19H,2,10,17H2,1H3. The summed E-state index contributed by atoms with van der Waals surface area (Å²) in [5.41, 5.74) is 8.95. The first-order valence-electron chi connectivity index (χ1n) is 6.63. The average Bonchev–Trinajstić information content (AvgIpc) is 2.49. The average molecular weight is 256 g/mol. The summed E-state index contributed by atoms with van der Waals surface area (Å²) in [6.45, 7) is 2.51. The predicted molar refractivity (Wildman–Crippen MR) is 76.8 cm³/mol. The Morgan fingerprint density at radius 3 is 2.42 bits per heavy atom. The topological polar surface area (TPSA) is 59.1 Å². The highest BCUT2D eigenvalue weighted by molar-refractivity contribution is 5.28. The highest BCUT2D eigenvalue weighted by Crippen LogP contribution is 2.29. The molecule has 19 heavy (non-hydrogen) atoms. The maximum Gasteiger partial charge on any atom is 0.0871 e. The Morgan fingerprint density at radius 1 is 1.16 bits per heavy atom. The van der Waals surface area contributed by atoms with Crippen LogP contribution < -0.4 is 5.73 Å². The van der Waals surface area contributed by atoms with Gasteiger partial charge in [0.15, 0.2) is 0 Å². The summed E-state index contributed by atoms with van der Waals surface area (Å²) < 4.78 is 0. The van der Waals surface area contributed by atoms with Crippen molar-refractivity contribution in [1.29, 1.82) is 0 Å². The summed E-state index contributed by atoms with van der Waals surface area (Å²) >= 11 is 0. The minimum absolute atomic E-state index is 0.124. The lowest BCUT2D eigenvalue weighted by molar-refractivity contribution is 0.147. The number of rotatable bonds is 5. The number of hydrogen-bond donors (Lipinski definition) is 2. The number of aliphatic hydroxyl groups is 1. The molecule has 2 rings (SSSR count). The van der Waals surface area contributed by atoms with Gasteiger partial charge in [-0.1, -0.05) is 37.3 Å². The molecule has 0 saturated heterocycles. The van der Waals surface area contributed by atoms with Crippen molar-refractivity contribution < 1.29 is 5.11 Å². The lowest BCUT2D eigenvalue weighted by Gasteiger charge is -2.22. The van der Waals surface area contributed by atoms with Gasteiger partial charge in [0.05, 0.1) is 6.10 Å². The van der Waals surface area contributed by atoms with E-state index in [4.69, 9.17) is 5.73 Å². The number of aryl methyl sites for hydroxylation is 1. The molecule has 0 aliphatic rings. The predicted octanol–water partition coefficient (Wildman–Crippen LogP) is 2.42. The lowest BCUT2D eigenvalue weighted by Crippen LogP contribution is -2.20. The van der Waals surface area contributed by atoms with Crippen LogP contribution in [0.2, 0.25) is 0 Å². The lowest BCUT2D eigenvalue weighted by atomic mass is 9.90. The second-order valence-corrected chi connectivity index (χ2v) is 4.67. The molecule has 3 heteroatoms. The molecule has 0 aliphatic carbocycles. The first-order chi connectivity index (χ1) is 9.26. The van der Waals surface area contributed by atoms with Gasteiger partial charge in [0.25, 0.3) is 0 Å². The molecule has 1 aromatic carbocycles. The number of hydrogen-bond acceptors (Lipinski definition) is 3. The minimum Gasteiger partial charge on any atom is -0.388 e. The SMILES string of the molecule is CCc1ccc(C(O)C(CN)c2cccnc2)cc1. The van der Waals surface area contributed by atoms with Crippen LogP contribution in [0.25, 0.3) is 0 Å². The molecule has 3 nitrogen and oxygen atoms in total. The van der Waals surface area contributed by atoms with Crippen molar-refractivity contribution in [2.75, 3.05) is 6.54 Å². The number of benzene rings is 1. The van der Waals surface area contributed by atoms with Crippen LogP contribution in [0.3, 0.4) is 0 Å². The maximum absolute atomic E-state index is 10.5. The van der Waals surface area contributed by atoms with E-state index in [0.717, 1.165) is 17.5 Å². The molecule has 0 saturated carbocycles. The van der Waals surface area contributed by atoms with E-state index in [-0.39, 0.29) is 5.92 Å². The van der Waals surface area contributed by atoms with Gasteiger partial charge in [0, 0.05) is 24.9 Å². The molecule has 1 heterocycles. The van der Waals surface area contributed by atoms with Gasteiger partial charge in [-0.2, -0.15) is 0 Å². The van der Waals surface area contributed by atoms with Crippen LogP contribution in [-0.2, 0) is 6.42 Å². The number of nitrogens with two attached hydrogens (primary N) is 1. The summed E-state index contributed by atoms with van der Waals surface area (Å²) in [6, 6.07) is 11.9. The van der Waals surface area contributed by atoms with Crippen molar-refractivity contribution in [1.82, 2.24) is 4.98 Å². The second-order valence-electron chi connectivity index (χ2n) is 4.67. The molecule has 2 atom stereocenters. The number of aromatic nitrogens is 1. The molecule has 2 aromatic rings. The molecule has 0 radical (unpaired) electrons. The third-order valence-corrected chi connectivity index (χ3v) is 3.48. The van der Waals surface area contributed by atoms with E-state index in [1.165, 1.54) is 5.56 Å². The molecule has 0 aliphatic heterocycles. The summed E-state index contributed by atoms with van der Waals surface area (Å²) in [5.74, 6) is -0.124. The zero-order chi connectivity index (χ0) is 13.7. The van der Waals surface area contributed by atoms with E-state index in [9.17, 15) is 5.11 Å². The van der Waals surface area contributed by atoms with E-state index in [0.29, 0.717) is 6.54 Å². The molecule has 100 valence electrons. The highest BCUT2D eigenvalue weighted by atomic mass is 16.3. The van der Waals surface area contributed by atoms with Gasteiger partial charge in [-0.15, -0.1) is 0 Å². The second kappa shape index (κ2) is 6.45. The fraction of sp³-hybridized carbons (Fsp3) is 0.312. The van der Waals surface area contributed by atoms with Gasteiger partial charge < -0.3 is 10.8 Å². The molecule has 0 amide bonds. The summed E-state index contributed by atoms with van der Waals surface area (Å²) in [6.07, 6.45) is 3.89. The number of pyridine rings is 1. The molecule has 3 N–H and O–H groups in total. The zero-order valence-electron chi connectivity index (χ0n) is 11.2. The number of aliphatic hydroxyl groups excluding tert-OH is 1. The fourth-order valence-corrected chi connectivity index (χ4v) is 2.23. The van der Waals surface area contributed by atoms with Crippen LogP contribution in [0.15, 0.2) is 48.8 Å². The molecule has 1 aromatic heterocycles. The molecular weight excluding hydrogens is 236 g/mol. The fourth-order valence-electron chi connectivity index (χ4n) is 2.23. The summed E-state index contributed by atoms with van der Waals surface area (Å²) in [7, 11) is 0. The van der Waals surface area contributed by atoms with Crippen molar-refractivity contribution >= 4 is 0 Å². The maximum atomic E-state index is 10.5. The van der Waals surface area contributed by atoms with Crippen LogP contribution in [0.4, 0.5) is 0 Å². The largest absolute Gasteiger partial charge is 0.388 e. The Morgan fingerprint density at radius 2 is 1.89 bits per heavy atom. The minimum atomic E-state index is -0.597. The van der Waals surface area contributed by atoms with Gasteiger partial charge >= 0.3 is 0 Å². The molecule has 0 fully saturated rings. The smallest absolute Gasteiger partial charge is 0.0871 e. The zero-order valence-corrected chi connectivity index (χ0v) is 11.2. The highest BCUT2D eigenvalue weighted by Gasteiger charge is 2.21. The Hall–Kier alpha value is -1.71. The van der Waals surface area contributed by atoms with Crippen LogP contribution in [-0.4, -0.2) is 16.6 Å². The van der Waals surface area contributed by atoms with E-state index < -0.39 is 6.10 Å². The molecule has 0 bridgehead atoms. The van der Waals surface area contributed by atoms with Gasteiger partial charge in [-0.05, 0) is 29.2 Å². The van der Waals surface area contributed by atoms with Crippen LogP contribution in [0.1, 0.15) is 35.6 Å². The number of nitrogens with zero attached hydrogens (tertiary/aromatic N) is 1. The van der Waals surface area contributed by atoms with Crippen molar-refractivity contribution in [2.45, 2.75) is 25.4 Å². The van der Waals surface area contributed by atoms with Crippen LogP contribution in [0, 0.1) is 0 Å². The normalized spacial score (nSPS) is 14.1. The van der Waals surface area contributed by atoms with Gasteiger partial charge in [0.2, 0.25) is 0 Å².